The molecule has 0 unspecified atom stereocenters. The van der Waals surface area contributed by atoms with Gasteiger partial charge in [-0.2, -0.15) is 0 Å². The average Bonchev–Trinajstić information content (AvgIpc) is 2.51. The molecule has 2 heterocycles. The number of hydrogen-bond acceptors (Lipinski definition) is 4. The minimum absolute atomic E-state index is 0.0751. The first-order valence-electron chi connectivity index (χ1n) is 6.12. The van der Waals surface area contributed by atoms with E-state index in [0.29, 0.717) is 31.2 Å². The van der Waals surface area contributed by atoms with Crippen molar-refractivity contribution in [3.05, 3.63) is 16.0 Å². The molecule has 2 rings (SSSR count). The highest BCUT2D eigenvalue weighted by molar-refractivity contribution is 7.17. The minimum atomic E-state index is -1.10. The maximum absolute atomic E-state index is 12.0. The summed E-state index contributed by atoms with van der Waals surface area (Å²) in [6.45, 7) is 3.49. The van der Waals surface area contributed by atoms with Gasteiger partial charge >= 0.3 is 5.97 Å². The predicted molar refractivity (Wildman–Crippen MR) is 71.7 cm³/mol. The van der Waals surface area contributed by atoms with Crippen LogP contribution in [0.25, 0.3) is 0 Å². The summed E-state index contributed by atoms with van der Waals surface area (Å²) in [6.07, 6.45) is 1.93. The van der Waals surface area contributed by atoms with Crippen LogP contribution in [-0.4, -0.2) is 22.9 Å². The Kier molecular flexibility index (Phi) is 3.71. The maximum Gasteiger partial charge on any atom is 0.339 e. The molecule has 1 saturated heterocycles. The fraction of sp³-hybridized carbons (Fsp3) is 0.462. The molecule has 1 aliphatic rings. The number of carbonyl (C=O) groups excluding carboxylic acids is 2. The Morgan fingerprint density at radius 2 is 1.68 bits per heavy atom. The van der Waals surface area contributed by atoms with E-state index in [1.165, 1.54) is 11.3 Å². The van der Waals surface area contributed by atoms with Gasteiger partial charge in [-0.3, -0.25) is 9.59 Å². The summed E-state index contributed by atoms with van der Waals surface area (Å²) in [7, 11) is 0. The van der Waals surface area contributed by atoms with Crippen LogP contribution in [0.15, 0.2) is 0 Å². The topological polar surface area (TPSA) is 74.7 Å². The van der Waals surface area contributed by atoms with Crippen molar-refractivity contribution in [3.8, 4) is 0 Å². The lowest BCUT2D eigenvalue weighted by atomic mass is 10.1. The van der Waals surface area contributed by atoms with Crippen LogP contribution < -0.4 is 4.90 Å². The first-order valence-corrected chi connectivity index (χ1v) is 6.94. The van der Waals surface area contributed by atoms with Gasteiger partial charge in [0.1, 0.15) is 5.00 Å². The number of aryl methyl sites for hydroxylation is 1. The molecule has 0 radical (unpaired) electrons. The van der Waals surface area contributed by atoms with Gasteiger partial charge in [-0.25, -0.2) is 9.69 Å². The number of aromatic carboxylic acids is 1. The quantitative estimate of drug-likeness (QED) is 0.845. The monoisotopic (exact) mass is 281 g/mol. The van der Waals surface area contributed by atoms with Gasteiger partial charge in [-0.05, 0) is 32.3 Å². The zero-order valence-corrected chi connectivity index (χ0v) is 11.7. The van der Waals surface area contributed by atoms with E-state index in [-0.39, 0.29) is 22.4 Å². The Morgan fingerprint density at radius 1 is 1.16 bits per heavy atom. The van der Waals surface area contributed by atoms with Crippen molar-refractivity contribution in [2.75, 3.05) is 4.90 Å². The molecule has 1 aromatic heterocycles. The second kappa shape index (κ2) is 5.13. The van der Waals surface area contributed by atoms with Crippen molar-refractivity contribution in [3.63, 3.8) is 0 Å². The predicted octanol–water partition coefficient (Wildman–Crippen LogP) is 2.50. The van der Waals surface area contributed by atoms with E-state index in [1.807, 2.05) is 0 Å². The summed E-state index contributed by atoms with van der Waals surface area (Å²) < 4.78 is 0. The Hall–Kier alpha value is -1.69. The Bertz CT molecular complexity index is 543. The highest BCUT2D eigenvalue weighted by Gasteiger charge is 2.32. The molecule has 2 amide bonds. The van der Waals surface area contributed by atoms with Crippen LogP contribution in [0.4, 0.5) is 5.00 Å². The molecule has 19 heavy (non-hydrogen) atoms. The van der Waals surface area contributed by atoms with E-state index >= 15 is 0 Å². The van der Waals surface area contributed by atoms with Gasteiger partial charge in [0.2, 0.25) is 11.8 Å². The maximum atomic E-state index is 12.0. The van der Waals surface area contributed by atoms with Gasteiger partial charge in [0.25, 0.3) is 0 Å². The standard InChI is InChI=1S/C13H15NO4S/c1-7-8(2)19-12(11(7)13(17)18)14-9(15)5-3-4-6-10(14)16/h3-6H2,1-2H3,(H,17,18). The number of nitrogens with zero attached hydrogens (tertiary/aromatic N) is 1. The Morgan fingerprint density at radius 3 is 2.16 bits per heavy atom. The summed E-state index contributed by atoms with van der Waals surface area (Å²) in [5.74, 6) is -1.70. The molecular formula is C13H15NO4S. The van der Waals surface area contributed by atoms with Crippen LogP contribution in [-0.2, 0) is 9.59 Å². The third-order valence-electron chi connectivity index (χ3n) is 3.31. The van der Waals surface area contributed by atoms with Crippen molar-refractivity contribution >= 4 is 34.1 Å². The van der Waals surface area contributed by atoms with E-state index in [9.17, 15) is 19.5 Å². The van der Waals surface area contributed by atoms with Crippen LogP contribution >= 0.6 is 11.3 Å². The van der Waals surface area contributed by atoms with Gasteiger partial charge in [0.15, 0.2) is 0 Å². The number of imide groups is 1. The molecule has 1 aliphatic heterocycles. The van der Waals surface area contributed by atoms with Gasteiger partial charge in [-0.1, -0.05) is 0 Å². The molecule has 0 saturated carbocycles. The van der Waals surface area contributed by atoms with Crippen molar-refractivity contribution in [2.45, 2.75) is 39.5 Å². The number of carboxylic acids is 1. The van der Waals surface area contributed by atoms with Gasteiger partial charge < -0.3 is 5.11 Å². The first-order chi connectivity index (χ1) is 8.93. The molecule has 0 aliphatic carbocycles. The summed E-state index contributed by atoms with van der Waals surface area (Å²) in [5.41, 5.74) is 0.698. The molecule has 0 spiro atoms. The molecule has 0 atom stereocenters. The van der Waals surface area contributed by atoms with Gasteiger partial charge in [-0.15, -0.1) is 11.3 Å². The van der Waals surface area contributed by atoms with Gasteiger partial charge in [0.05, 0.1) is 5.56 Å². The fourth-order valence-corrected chi connectivity index (χ4v) is 3.34. The first kappa shape index (κ1) is 13.7. The van der Waals surface area contributed by atoms with Crippen molar-refractivity contribution in [1.82, 2.24) is 0 Å². The smallest absolute Gasteiger partial charge is 0.339 e. The number of amides is 2. The molecule has 6 heteroatoms. The lowest BCUT2D eigenvalue weighted by Gasteiger charge is -2.17. The van der Waals surface area contributed by atoms with E-state index in [1.54, 1.807) is 13.8 Å². The average molecular weight is 281 g/mol. The second-order valence-electron chi connectivity index (χ2n) is 4.60. The van der Waals surface area contributed by atoms with Crippen LogP contribution in [0.2, 0.25) is 0 Å². The van der Waals surface area contributed by atoms with E-state index in [2.05, 4.69) is 0 Å². The van der Waals surface area contributed by atoms with Crippen molar-refractivity contribution in [2.24, 2.45) is 0 Å². The number of rotatable bonds is 2. The third-order valence-corrected chi connectivity index (χ3v) is 4.51. The Balaban J connectivity index is 2.56. The molecule has 0 bridgehead atoms. The number of carbonyl (C=O) groups is 3. The van der Waals surface area contributed by atoms with Crippen LogP contribution in [0.1, 0.15) is 46.5 Å². The van der Waals surface area contributed by atoms with Crippen LogP contribution in [0.3, 0.4) is 0 Å². The molecule has 0 aromatic carbocycles. The lowest BCUT2D eigenvalue weighted by Crippen LogP contribution is -2.35. The van der Waals surface area contributed by atoms with E-state index in [4.69, 9.17) is 0 Å². The SMILES string of the molecule is Cc1sc(N2C(=O)CCCCC2=O)c(C(=O)O)c1C. The van der Waals surface area contributed by atoms with E-state index < -0.39 is 5.97 Å². The van der Waals surface area contributed by atoms with Crippen LogP contribution in [0, 0.1) is 13.8 Å². The molecule has 1 N–H and O–H groups in total. The number of hydrogen-bond donors (Lipinski definition) is 1. The number of thiophene rings is 1. The zero-order valence-electron chi connectivity index (χ0n) is 10.9. The summed E-state index contributed by atoms with van der Waals surface area (Å²) in [6, 6.07) is 0. The largest absolute Gasteiger partial charge is 0.478 e. The second-order valence-corrected chi connectivity index (χ2v) is 5.80. The highest BCUT2D eigenvalue weighted by Crippen LogP contribution is 2.37. The van der Waals surface area contributed by atoms with Crippen LogP contribution in [0.5, 0.6) is 0 Å². The zero-order chi connectivity index (χ0) is 14.2. The molecule has 102 valence electrons. The van der Waals surface area contributed by atoms with Crippen molar-refractivity contribution in [1.29, 1.82) is 0 Å². The summed E-state index contributed by atoms with van der Waals surface area (Å²) in [4.78, 5) is 37.3. The summed E-state index contributed by atoms with van der Waals surface area (Å²) in [5, 5.41) is 9.55. The third kappa shape index (κ3) is 2.40. The molecular weight excluding hydrogens is 266 g/mol. The molecule has 1 aromatic rings. The highest BCUT2D eigenvalue weighted by atomic mass is 32.1. The summed E-state index contributed by atoms with van der Waals surface area (Å²) >= 11 is 1.20. The lowest BCUT2D eigenvalue weighted by molar-refractivity contribution is -0.125. The normalized spacial score (nSPS) is 16.6. The number of carboxylic acid groups (broad SMARTS) is 1. The molecule has 1 fully saturated rings. The molecule has 5 nitrogen and oxygen atoms in total. The van der Waals surface area contributed by atoms with Crippen molar-refractivity contribution < 1.29 is 19.5 Å². The fourth-order valence-electron chi connectivity index (χ4n) is 2.16. The van der Waals surface area contributed by atoms with E-state index in [0.717, 1.165) is 9.78 Å². The van der Waals surface area contributed by atoms with Gasteiger partial charge in [0, 0.05) is 17.7 Å². The minimum Gasteiger partial charge on any atom is -0.478 e. The Labute approximate surface area is 114 Å². The number of anilines is 1.